The van der Waals surface area contributed by atoms with Crippen LogP contribution in [0.15, 0.2) is 42.7 Å². The smallest absolute Gasteiger partial charge is 0.154 e. The zero-order valence-corrected chi connectivity index (χ0v) is 10.4. The van der Waals surface area contributed by atoms with Crippen LogP contribution in [0.4, 0.5) is 0 Å². The van der Waals surface area contributed by atoms with E-state index in [1.165, 1.54) is 5.56 Å². The second-order valence-corrected chi connectivity index (χ2v) is 9.48. The SMILES string of the molecule is C[Si](C)(C)n1ccnc1-c1ccccc1. The van der Waals surface area contributed by atoms with Crippen LogP contribution in [0.3, 0.4) is 0 Å². The second-order valence-electron chi connectivity index (χ2n) is 4.66. The molecule has 0 fully saturated rings. The molecule has 0 aliphatic heterocycles. The number of hydrogen-bond acceptors (Lipinski definition) is 1. The molecule has 1 aromatic heterocycles. The summed E-state index contributed by atoms with van der Waals surface area (Å²) in [5, 5.41) is 0. The van der Waals surface area contributed by atoms with E-state index in [-0.39, 0.29) is 0 Å². The first-order valence-electron chi connectivity index (χ1n) is 5.18. The maximum Gasteiger partial charge on any atom is 0.154 e. The standard InChI is InChI=1S/C12H16N2Si/c1-15(2,3)14-10-9-13-12(14)11-7-5-4-6-8-11/h4-10H,1-3H3. The topological polar surface area (TPSA) is 17.8 Å². The Morgan fingerprint density at radius 3 is 2.33 bits per heavy atom. The number of aromatic nitrogens is 2. The lowest BCUT2D eigenvalue weighted by molar-refractivity contribution is 1.13. The molecule has 1 heterocycles. The zero-order valence-electron chi connectivity index (χ0n) is 9.44. The number of rotatable bonds is 2. The van der Waals surface area contributed by atoms with Crippen LogP contribution in [-0.2, 0) is 0 Å². The van der Waals surface area contributed by atoms with Crippen molar-refractivity contribution in [2.75, 3.05) is 0 Å². The van der Waals surface area contributed by atoms with Gasteiger partial charge in [-0.15, -0.1) is 0 Å². The maximum absolute atomic E-state index is 4.45. The van der Waals surface area contributed by atoms with Gasteiger partial charge in [-0.1, -0.05) is 50.0 Å². The highest BCUT2D eigenvalue weighted by molar-refractivity contribution is 6.74. The molecular weight excluding hydrogens is 200 g/mol. The molecule has 0 N–H and O–H groups in total. The minimum absolute atomic E-state index is 1.09. The van der Waals surface area contributed by atoms with E-state index >= 15 is 0 Å². The third kappa shape index (κ3) is 2.02. The third-order valence-electron chi connectivity index (χ3n) is 2.40. The molecule has 0 aliphatic carbocycles. The molecule has 0 saturated carbocycles. The Kier molecular flexibility index (Phi) is 2.48. The minimum Gasteiger partial charge on any atom is -0.359 e. The minimum atomic E-state index is -1.35. The van der Waals surface area contributed by atoms with Crippen molar-refractivity contribution in [2.24, 2.45) is 0 Å². The Morgan fingerprint density at radius 2 is 1.73 bits per heavy atom. The molecule has 15 heavy (non-hydrogen) atoms. The molecule has 2 aromatic rings. The molecule has 0 unspecified atom stereocenters. The van der Waals surface area contributed by atoms with Gasteiger partial charge in [0.15, 0.2) is 8.24 Å². The highest BCUT2D eigenvalue weighted by Gasteiger charge is 2.19. The summed E-state index contributed by atoms with van der Waals surface area (Å²) in [6.07, 6.45) is 3.98. The number of imidazole rings is 1. The normalized spacial score (nSPS) is 11.7. The summed E-state index contributed by atoms with van der Waals surface area (Å²) in [6, 6.07) is 10.4. The molecule has 0 bridgehead atoms. The van der Waals surface area contributed by atoms with Crippen molar-refractivity contribution < 1.29 is 0 Å². The summed E-state index contributed by atoms with van der Waals surface area (Å²) in [7, 11) is -1.35. The molecule has 0 saturated heterocycles. The van der Waals surface area contributed by atoms with Crippen molar-refractivity contribution in [1.82, 2.24) is 9.22 Å². The first-order valence-corrected chi connectivity index (χ1v) is 8.63. The molecule has 1 aromatic carbocycles. The molecular formula is C12H16N2Si. The van der Waals surface area contributed by atoms with Gasteiger partial charge >= 0.3 is 0 Å². The Labute approximate surface area is 91.7 Å². The number of benzene rings is 1. The average Bonchev–Trinajstić information content (AvgIpc) is 2.67. The fraction of sp³-hybridized carbons (Fsp3) is 0.250. The summed E-state index contributed by atoms with van der Waals surface area (Å²) in [5.74, 6) is 1.09. The second kappa shape index (κ2) is 3.66. The van der Waals surface area contributed by atoms with E-state index in [1.807, 2.05) is 12.3 Å². The van der Waals surface area contributed by atoms with Gasteiger partial charge in [0.05, 0.1) is 0 Å². The van der Waals surface area contributed by atoms with E-state index in [0.29, 0.717) is 0 Å². The molecule has 0 aliphatic rings. The van der Waals surface area contributed by atoms with Crippen LogP contribution in [0.1, 0.15) is 0 Å². The van der Waals surface area contributed by atoms with Gasteiger partial charge in [0.2, 0.25) is 0 Å². The largest absolute Gasteiger partial charge is 0.359 e. The summed E-state index contributed by atoms with van der Waals surface area (Å²) in [4.78, 5) is 4.45. The Morgan fingerprint density at radius 1 is 1.07 bits per heavy atom. The number of nitrogens with zero attached hydrogens (tertiary/aromatic N) is 2. The number of hydrogen-bond donors (Lipinski definition) is 0. The molecule has 3 heteroatoms. The van der Waals surface area contributed by atoms with Crippen molar-refractivity contribution in [3.63, 3.8) is 0 Å². The van der Waals surface area contributed by atoms with Gasteiger partial charge in [0, 0.05) is 18.0 Å². The van der Waals surface area contributed by atoms with Crippen LogP contribution in [0.5, 0.6) is 0 Å². The Hall–Kier alpha value is -1.35. The highest BCUT2D eigenvalue weighted by Crippen LogP contribution is 2.20. The summed E-state index contributed by atoms with van der Waals surface area (Å²) in [5.41, 5.74) is 1.20. The van der Waals surface area contributed by atoms with E-state index in [4.69, 9.17) is 0 Å². The molecule has 78 valence electrons. The fourth-order valence-corrected chi connectivity index (χ4v) is 2.98. The average molecular weight is 216 g/mol. The van der Waals surface area contributed by atoms with E-state index in [9.17, 15) is 0 Å². The van der Waals surface area contributed by atoms with Gasteiger partial charge in [-0.2, -0.15) is 0 Å². The quantitative estimate of drug-likeness (QED) is 0.705. The van der Waals surface area contributed by atoms with Gasteiger partial charge < -0.3 is 4.23 Å². The van der Waals surface area contributed by atoms with Gasteiger partial charge in [0.1, 0.15) is 5.82 Å². The maximum atomic E-state index is 4.45. The predicted molar refractivity (Wildman–Crippen MR) is 66.4 cm³/mol. The molecule has 0 atom stereocenters. The zero-order chi connectivity index (χ0) is 10.9. The van der Waals surface area contributed by atoms with E-state index < -0.39 is 8.24 Å². The van der Waals surface area contributed by atoms with Crippen LogP contribution >= 0.6 is 0 Å². The first-order chi connectivity index (χ1) is 7.09. The lowest BCUT2D eigenvalue weighted by Gasteiger charge is -2.20. The van der Waals surface area contributed by atoms with Gasteiger partial charge in [0.25, 0.3) is 0 Å². The summed E-state index contributed by atoms with van der Waals surface area (Å²) in [6.45, 7) is 6.96. The lowest BCUT2D eigenvalue weighted by atomic mass is 10.2. The first kappa shape index (κ1) is 10.2. The Balaban J connectivity index is 2.51. The highest BCUT2D eigenvalue weighted by atomic mass is 28.3. The Bertz CT molecular complexity index is 440. The molecule has 0 radical (unpaired) electrons. The van der Waals surface area contributed by atoms with Crippen LogP contribution in [0, 0.1) is 0 Å². The molecule has 0 amide bonds. The van der Waals surface area contributed by atoms with Crippen LogP contribution in [-0.4, -0.2) is 17.5 Å². The van der Waals surface area contributed by atoms with Gasteiger partial charge in [-0.05, 0) is 0 Å². The molecule has 2 nitrogen and oxygen atoms in total. The van der Waals surface area contributed by atoms with Crippen LogP contribution in [0.2, 0.25) is 19.6 Å². The van der Waals surface area contributed by atoms with E-state index in [0.717, 1.165) is 5.82 Å². The van der Waals surface area contributed by atoms with Crippen molar-refractivity contribution in [3.05, 3.63) is 42.7 Å². The van der Waals surface area contributed by atoms with Crippen LogP contribution in [0.25, 0.3) is 11.4 Å². The molecule has 2 rings (SSSR count). The fourth-order valence-electron chi connectivity index (χ4n) is 1.65. The van der Waals surface area contributed by atoms with Crippen molar-refractivity contribution in [1.29, 1.82) is 0 Å². The van der Waals surface area contributed by atoms with Crippen molar-refractivity contribution in [2.45, 2.75) is 19.6 Å². The van der Waals surface area contributed by atoms with Crippen molar-refractivity contribution in [3.8, 4) is 11.4 Å². The summed E-state index contributed by atoms with van der Waals surface area (Å²) < 4.78 is 2.34. The third-order valence-corrected chi connectivity index (χ3v) is 4.20. The van der Waals surface area contributed by atoms with E-state index in [2.05, 4.69) is 59.3 Å². The molecule has 0 spiro atoms. The summed E-state index contributed by atoms with van der Waals surface area (Å²) >= 11 is 0. The van der Waals surface area contributed by atoms with Gasteiger partial charge in [-0.25, -0.2) is 4.98 Å². The lowest BCUT2D eigenvalue weighted by Crippen LogP contribution is -2.31. The van der Waals surface area contributed by atoms with Crippen molar-refractivity contribution >= 4 is 8.24 Å². The monoisotopic (exact) mass is 216 g/mol. The van der Waals surface area contributed by atoms with Gasteiger partial charge in [-0.3, -0.25) is 0 Å². The van der Waals surface area contributed by atoms with Crippen LogP contribution < -0.4 is 0 Å². The van der Waals surface area contributed by atoms with E-state index in [1.54, 1.807) is 0 Å². The predicted octanol–water partition coefficient (Wildman–Crippen LogP) is 3.23.